The third-order valence-corrected chi connectivity index (χ3v) is 3.29. The van der Waals surface area contributed by atoms with Gasteiger partial charge in [-0.05, 0) is 12.2 Å². The second-order valence-electron chi connectivity index (χ2n) is 2.95. The molecule has 4 nitrogen and oxygen atoms in total. The van der Waals surface area contributed by atoms with Crippen molar-refractivity contribution in [2.24, 2.45) is 16.6 Å². The number of rotatable bonds is 1. The third kappa shape index (κ3) is 1.29. The van der Waals surface area contributed by atoms with Gasteiger partial charge in [0.15, 0.2) is 6.10 Å². The van der Waals surface area contributed by atoms with Crippen molar-refractivity contribution in [3.8, 4) is 0 Å². The number of nitrogens with two attached hydrogens (primary N) is 1. The van der Waals surface area contributed by atoms with Crippen LogP contribution in [0.2, 0.25) is 0 Å². The van der Waals surface area contributed by atoms with E-state index in [-0.39, 0.29) is 18.0 Å². The zero-order valence-corrected chi connectivity index (χ0v) is 7.34. The lowest BCUT2D eigenvalue weighted by Gasteiger charge is -2.13. The molecule has 2 atom stereocenters. The highest BCUT2D eigenvalue weighted by atomic mass is 32.2. The number of amides is 1. The van der Waals surface area contributed by atoms with Crippen molar-refractivity contribution in [1.82, 2.24) is 0 Å². The first-order valence-corrected chi connectivity index (χ1v) is 5.05. The molecule has 0 aliphatic carbocycles. The van der Waals surface area contributed by atoms with Gasteiger partial charge < -0.3 is 10.5 Å². The Morgan fingerprint density at radius 3 is 3.00 bits per heavy atom. The molecule has 2 aliphatic heterocycles. The van der Waals surface area contributed by atoms with E-state index in [2.05, 4.69) is 4.99 Å². The highest BCUT2D eigenvalue weighted by Crippen LogP contribution is 2.29. The third-order valence-electron chi connectivity index (χ3n) is 2.10. The normalized spacial score (nSPS) is 35.0. The molecule has 0 radical (unpaired) electrons. The van der Waals surface area contributed by atoms with Crippen molar-refractivity contribution in [1.29, 1.82) is 0 Å². The molecule has 0 aromatic rings. The van der Waals surface area contributed by atoms with Gasteiger partial charge in [0.05, 0.1) is 0 Å². The van der Waals surface area contributed by atoms with Crippen LogP contribution in [0.1, 0.15) is 6.42 Å². The fraction of sp³-hybridized carbons (Fsp3) is 0.714. The summed E-state index contributed by atoms with van der Waals surface area (Å²) in [5.41, 5.74) is 5.28. The monoisotopic (exact) mass is 186 g/mol. The molecule has 0 aromatic carbocycles. The number of hydrogen-bond donors (Lipinski definition) is 1. The molecule has 0 bridgehead atoms. The van der Waals surface area contributed by atoms with Crippen molar-refractivity contribution in [2.45, 2.75) is 12.5 Å². The Hall–Kier alpha value is -0.710. The number of carbonyl (C=O) groups excluding carboxylic acids is 1. The smallest absolute Gasteiger partial charge is 0.291 e. The predicted octanol–water partition coefficient (Wildman–Crippen LogP) is -0.0204. The topological polar surface area (TPSA) is 64.7 Å². The number of thioether (sulfide) groups is 1. The van der Waals surface area contributed by atoms with E-state index in [9.17, 15) is 4.79 Å². The van der Waals surface area contributed by atoms with E-state index in [0.717, 1.165) is 17.9 Å². The zero-order valence-electron chi connectivity index (χ0n) is 6.53. The minimum atomic E-state index is -0.389. The van der Waals surface area contributed by atoms with Crippen LogP contribution in [0.5, 0.6) is 0 Å². The van der Waals surface area contributed by atoms with Crippen LogP contribution in [-0.4, -0.2) is 29.5 Å². The molecular formula is C7H10N2O2S. The van der Waals surface area contributed by atoms with Crippen molar-refractivity contribution in [2.75, 3.05) is 11.5 Å². The van der Waals surface area contributed by atoms with Crippen LogP contribution in [0.4, 0.5) is 0 Å². The molecular weight excluding hydrogens is 176 g/mol. The van der Waals surface area contributed by atoms with Gasteiger partial charge in [0.2, 0.25) is 0 Å². The van der Waals surface area contributed by atoms with Crippen molar-refractivity contribution >= 4 is 23.7 Å². The van der Waals surface area contributed by atoms with Crippen LogP contribution >= 0.6 is 11.8 Å². The fourth-order valence-corrected chi connectivity index (χ4v) is 2.75. The Kier molecular flexibility index (Phi) is 1.96. The molecule has 0 spiro atoms. The van der Waals surface area contributed by atoms with Crippen molar-refractivity contribution in [3.63, 3.8) is 0 Å². The lowest BCUT2D eigenvalue weighted by molar-refractivity contribution is -0.124. The second kappa shape index (κ2) is 2.97. The summed E-state index contributed by atoms with van der Waals surface area (Å²) in [4.78, 5) is 14.7. The van der Waals surface area contributed by atoms with Gasteiger partial charge in [0.1, 0.15) is 0 Å². The Morgan fingerprint density at radius 2 is 2.50 bits per heavy atom. The Bertz CT molecular complexity index is 236. The lowest BCUT2D eigenvalue weighted by Crippen LogP contribution is -2.29. The summed E-state index contributed by atoms with van der Waals surface area (Å²) in [6, 6.07) is 0.0295. The van der Waals surface area contributed by atoms with Crippen molar-refractivity contribution < 1.29 is 9.53 Å². The van der Waals surface area contributed by atoms with Crippen LogP contribution in [0.25, 0.3) is 0 Å². The van der Waals surface area contributed by atoms with Gasteiger partial charge in [0, 0.05) is 11.7 Å². The molecule has 1 amide bonds. The number of carbonyl (C=O) groups is 1. The van der Waals surface area contributed by atoms with Crippen LogP contribution < -0.4 is 5.73 Å². The molecule has 2 rings (SSSR count). The SMILES string of the molecule is NC1=NC(=O)C(C2CCSC2)O1. The van der Waals surface area contributed by atoms with E-state index in [1.807, 2.05) is 11.8 Å². The molecule has 2 heterocycles. The standard InChI is InChI=1S/C7H10N2O2S/c8-7-9-6(10)5(11-7)4-1-2-12-3-4/h4-5H,1-3H2,(H2,8,9,10). The molecule has 5 heteroatoms. The average Bonchev–Trinajstić information content (AvgIpc) is 2.58. The average molecular weight is 186 g/mol. The number of hydrogen-bond acceptors (Lipinski definition) is 4. The second-order valence-corrected chi connectivity index (χ2v) is 4.10. The van der Waals surface area contributed by atoms with Crippen LogP contribution in [-0.2, 0) is 9.53 Å². The van der Waals surface area contributed by atoms with E-state index in [0.29, 0.717) is 5.92 Å². The number of amidine groups is 1. The molecule has 12 heavy (non-hydrogen) atoms. The molecule has 1 saturated heterocycles. The highest BCUT2D eigenvalue weighted by molar-refractivity contribution is 7.99. The molecule has 1 fully saturated rings. The van der Waals surface area contributed by atoms with Gasteiger partial charge in [0.25, 0.3) is 11.9 Å². The van der Waals surface area contributed by atoms with Crippen LogP contribution in [0.15, 0.2) is 4.99 Å². The molecule has 2 unspecified atom stereocenters. The minimum Gasteiger partial charge on any atom is -0.451 e. The van der Waals surface area contributed by atoms with Gasteiger partial charge in [-0.1, -0.05) is 0 Å². The first kappa shape index (κ1) is 7.91. The molecule has 2 N–H and O–H groups in total. The fourth-order valence-electron chi connectivity index (χ4n) is 1.47. The largest absolute Gasteiger partial charge is 0.451 e. The van der Waals surface area contributed by atoms with Gasteiger partial charge in [-0.2, -0.15) is 16.8 Å². The first-order chi connectivity index (χ1) is 5.77. The van der Waals surface area contributed by atoms with E-state index in [1.54, 1.807) is 0 Å². The summed E-state index contributed by atoms with van der Waals surface area (Å²) in [6.45, 7) is 0. The first-order valence-electron chi connectivity index (χ1n) is 3.90. The maximum Gasteiger partial charge on any atom is 0.291 e. The summed E-state index contributed by atoms with van der Waals surface area (Å²) in [7, 11) is 0. The maximum atomic E-state index is 11.2. The Balaban J connectivity index is 2.02. The quantitative estimate of drug-likeness (QED) is 0.625. The van der Waals surface area contributed by atoms with E-state index in [1.165, 1.54) is 0 Å². The number of ether oxygens (including phenoxy) is 1. The van der Waals surface area contributed by atoms with E-state index >= 15 is 0 Å². The summed E-state index contributed by atoms with van der Waals surface area (Å²) in [6.07, 6.45) is 0.643. The summed E-state index contributed by atoms with van der Waals surface area (Å²) < 4.78 is 5.12. The lowest BCUT2D eigenvalue weighted by atomic mass is 10.0. The van der Waals surface area contributed by atoms with Gasteiger partial charge in [-0.15, -0.1) is 0 Å². The minimum absolute atomic E-state index is 0.0295. The van der Waals surface area contributed by atoms with Gasteiger partial charge >= 0.3 is 0 Å². The number of aliphatic imine (C=N–C) groups is 1. The van der Waals surface area contributed by atoms with Gasteiger partial charge in [-0.25, -0.2) is 0 Å². The predicted molar refractivity (Wildman–Crippen MR) is 46.9 cm³/mol. The summed E-state index contributed by atoms with van der Waals surface area (Å²) in [5.74, 6) is 2.20. The van der Waals surface area contributed by atoms with Crippen LogP contribution in [0, 0.1) is 5.92 Å². The zero-order chi connectivity index (χ0) is 8.55. The molecule has 0 saturated carbocycles. The maximum absolute atomic E-state index is 11.2. The van der Waals surface area contributed by atoms with Crippen LogP contribution in [0.3, 0.4) is 0 Å². The Morgan fingerprint density at radius 1 is 1.67 bits per heavy atom. The summed E-state index contributed by atoms with van der Waals surface area (Å²) in [5, 5.41) is 0. The van der Waals surface area contributed by atoms with Gasteiger partial charge in [-0.3, -0.25) is 4.79 Å². The molecule has 66 valence electrons. The van der Waals surface area contributed by atoms with E-state index < -0.39 is 0 Å². The molecule has 2 aliphatic rings. The Labute approximate surface area is 74.6 Å². The molecule has 0 aromatic heterocycles. The highest BCUT2D eigenvalue weighted by Gasteiger charge is 2.36. The van der Waals surface area contributed by atoms with Crippen molar-refractivity contribution in [3.05, 3.63) is 0 Å². The number of nitrogens with zero attached hydrogens (tertiary/aromatic N) is 1. The van der Waals surface area contributed by atoms with E-state index in [4.69, 9.17) is 10.5 Å². The summed E-state index contributed by atoms with van der Waals surface area (Å²) >= 11 is 1.85.